The molecular weight excluding hydrogens is 364 g/mol. The Labute approximate surface area is 162 Å². The van der Waals surface area contributed by atoms with E-state index in [-0.39, 0.29) is 16.8 Å². The first kappa shape index (κ1) is 20.8. The van der Waals surface area contributed by atoms with Crippen LogP contribution >= 0.6 is 0 Å². The van der Waals surface area contributed by atoms with Crippen LogP contribution in [0.2, 0.25) is 0 Å². The molecule has 148 valence electrons. The molecule has 28 heavy (non-hydrogen) atoms. The summed E-state index contributed by atoms with van der Waals surface area (Å²) < 4.78 is 14.9. The largest absolute Gasteiger partial charge is 0.494 e. The average Bonchev–Trinajstić information content (AvgIpc) is 2.73. The monoisotopic (exact) mass is 386 g/mol. The van der Waals surface area contributed by atoms with Crippen molar-refractivity contribution in [3.8, 4) is 5.75 Å². The molecule has 0 atom stereocenters. The van der Waals surface area contributed by atoms with Gasteiger partial charge in [-0.15, -0.1) is 0 Å². The summed E-state index contributed by atoms with van der Waals surface area (Å²) in [6.07, 6.45) is 0.592. The summed E-state index contributed by atoms with van der Waals surface area (Å²) in [6, 6.07) is 13.0. The van der Waals surface area contributed by atoms with E-state index in [9.17, 15) is 14.4 Å². The molecule has 0 radical (unpaired) electrons. The molecule has 0 aliphatic carbocycles. The number of nitrogens with one attached hydrogen (secondary N) is 2. The molecule has 0 aromatic heterocycles. The first-order valence-electron chi connectivity index (χ1n) is 8.58. The number of esters is 2. The quantitative estimate of drug-likeness (QED) is 0.534. The van der Waals surface area contributed by atoms with Crippen LogP contribution in [0.25, 0.3) is 0 Å². The Morgan fingerprint density at radius 1 is 0.929 bits per heavy atom. The molecule has 0 aliphatic rings. The van der Waals surface area contributed by atoms with Crippen LogP contribution in [-0.2, 0) is 9.47 Å². The first-order chi connectivity index (χ1) is 13.5. The van der Waals surface area contributed by atoms with Gasteiger partial charge in [-0.2, -0.15) is 0 Å². The van der Waals surface area contributed by atoms with E-state index in [0.29, 0.717) is 19.6 Å². The third-order valence-corrected chi connectivity index (χ3v) is 3.71. The third-order valence-electron chi connectivity index (χ3n) is 3.71. The van der Waals surface area contributed by atoms with Crippen molar-refractivity contribution in [3.05, 3.63) is 59.7 Å². The minimum absolute atomic E-state index is 0.123. The van der Waals surface area contributed by atoms with Crippen molar-refractivity contribution >= 4 is 23.7 Å². The molecule has 0 fully saturated rings. The van der Waals surface area contributed by atoms with Gasteiger partial charge in [-0.25, -0.2) is 14.4 Å². The van der Waals surface area contributed by atoms with E-state index in [2.05, 4.69) is 15.4 Å². The molecule has 2 aromatic rings. The van der Waals surface area contributed by atoms with Gasteiger partial charge in [-0.3, -0.25) is 0 Å². The Hall–Kier alpha value is -3.55. The van der Waals surface area contributed by atoms with Crippen LogP contribution in [-0.4, -0.2) is 45.3 Å². The van der Waals surface area contributed by atoms with E-state index >= 15 is 0 Å². The van der Waals surface area contributed by atoms with Crippen molar-refractivity contribution in [2.75, 3.05) is 32.7 Å². The first-order valence-corrected chi connectivity index (χ1v) is 8.58. The summed E-state index contributed by atoms with van der Waals surface area (Å²) in [5.74, 6) is -0.463. The van der Waals surface area contributed by atoms with Crippen LogP contribution < -0.4 is 15.4 Å². The van der Waals surface area contributed by atoms with Crippen molar-refractivity contribution in [2.45, 2.75) is 6.42 Å². The van der Waals surface area contributed by atoms with Gasteiger partial charge in [0.2, 0.25) is 0 Å². The topological polar surface area (TPSA) is 103 Å². The molecule has 2 N–H and O–H groups in total. The molecule has 0 saturated heterocycles. The van der Waals surface area contributed by atoms with E-state index in [4.69, 9.17) is 9.47 Å². The van der Waals surface area contributed by atoms with E-state index < -0.39 is 18.0 Å². The highest BCUT2D eigenvalue weighted by atomic mass is 16.5. The van der Waals surface area contributed by atoms with Gasteiger partial charge in [0.25, 0.3) is 0 Å². The molecule has 0 saturated carbocycles. The Bertz CT molecular complexity index is 823. The van der Waals surface area contributed by atoms with Gasteiger partial charge in [-0.1, -0.05) is 18.2 Å². The number of ether oxygens (including phenoxy) is 3. The number of amides is 2. The zero-order valence-electron chi connectivity index (χ0n) is 15.7. The normalized spacial score (nSPS) is 9.93. The van der Waals surface area contributed by atoms with Gasteiger partial charge < -0.3 is 24.8 Å². The van der Waals surface area contributed by atoms with Crippen LogP contribution in [0, 0.1) is 0 Å². The highest BCUT2D eigenvalue weighted by Gasteiger charge is 2.17. The zero-order valence-corrected chi connectivity index (χ0v) is 15.7. The minimum atomic E-state index is -0.636. The number of para-hydroxylation sites is 1. The standard InChI is InChI=1S/C20H22N2O6/c1-26-18(23)14-9-10-16(19(24)27-2)17(13-14)22-20(25)21-11-6-12-28-15-7-4-3-5-8-15/h3-5,7-10,13H,6,11-12H2,1-2H3,(H2,21,22,25). The number of methoxy groups -OCH3 is 2. The second-order valence-corrected chi connectivity index (χ2v) is 5.64. The molecule has 0 unspecified atom stereocenters. The van der Waals surface area contributed by atoms with Gasteiger partial charge in [0.1, 0.15) is 5.75 Å². The van der Waals surface area contributed by atoms with Gasteiger partial charge in [0.15, 0.2) is 0 Å². The van der Waals surface area contributed by atoms with E-state index in [1.54, 1.807) is 0 Å². The molecule has 0 bridgehead atoms. The van der Waals surface area contributed by atoms with Gasteiger partial charge >= 0.3 is 18.0 Å². The van der Waals surface area contributed by atoms with Gasteiger partial charge in [0, 0.05) is 6.54 Å². The lowest BCUT2D eigenvalue weighted by Gasteiger charge is -2.12. The van der Waals surface area contributed by atoms with Crippen molar-refractivity contribution in [2.24, 2.45) is 0 Å². The lowest BCUT2D eigenvalue weighted by molar-refractivity contribution is 0.0587. The maximum absolute atomic E-state index is 12.1. The Kier molecular flexibility index (Phi) is 7.83. The van der Waals surface area contributed by atoms with Crippen LogP contribution in [0.4, 0.5) is 10.5 Å². The highest BCUT2D eigenvalue weighted by Crippen LogP contribution is 2.19. The number of carbonyl (C=O) groups is 3. The predicted octanol–water partition coefficient (Wildman–Crippen LogP) is 2.85. The number of hydrogen-bond acceptors (Lipinski definition) is 6. The fourth-order valence-electron chi connectivity index (χ4n) is 2.33. The fourth-order valence-corrected chi connectivity index (χ4v) is 2.33. The Balaban J connectivity index is 1.90. The smallest absolute Gasteiger partial charge is 0.339 e. The summed E-state index contributed by atoms with van der Waals surface area (Å²) in [5, 5.41) is 5.22. The lowest BCUT2D eigenvalue weighted by atomic mass is 10.1. The molecule has 2 aromatic carbocycles. The maximum Gasteiger partial charge on any atom is 0.339 e. The lowest BCUT2D eigenvalue weighted by Crippen LogP contribution is -2.31. The number of anilines is 1. The van der Waals surface area contributed by atoms with Crippen LogP contribution in [0.15, 0.2) is 48.5 Å². The van der Waals surface area contributed by atoms with Gasteiger partial charge in [0.05, 0.1) is 37.6 Å². The predicted molar refractivity (Wildman–Crippen MR) is 103 cm³/mol. The van der Waals surface area contributed by atoms with Crippen molar-refractivity contribution in [3.63, 3.8) is 0 Å². The third kappa shape index (κ3) is 6.01. The van der Waals surface area contributed by atoms with Crippen molar-refractivity contribution in [1.82, 2.24) is 5.32 Å². The van der Waals surface area contributed by atoms with E-state index in [1.165, 1.54) is 32.4 Å². The molecule has 2 rings (SSSR count). The number of benzene rings is 2. The van der Waals surface area contributed by atoms with Crippen LogP contribution in [0.5, 0.6) is 5.75 Å². The summed E-state index contributed by atoms with van der Waals surface area (Å²) in [7, 11) is 2.47. The highest BCUT2D eigenvalue weighted by molar-refractivity contribution is 6.03. The summed E-state index contributed by atoms with van der Waals surface area (Å²) >= 11 is 0. The zero-order chi connectivity index (χ0) is 20.4. The summed E-state index contributed by atoms with van der Waals surface area (Å²) in [4.78, 5) is 35.7. The average molecular weight is 386 g/mol. The number of hydrogen-bond donors (Lipinski definition) is 2. The minimum Gasteiger partial charge on any atom is -0.494 e. The Morgan fingerprint density at radius 3 is 2.32 bits per heavy atom. The number of rotatable bonds is 8. The molecule has 8 heteroatoms. The second-order valence-electron chi connectivity index (χ2n) is 5.64. The molecule has 0 heterocycles. The van der Waals surface area contributed by atoms with Crippen LogP contribution in [0.1, 0.15) is 27.1 Å². The molecule has 0 aliphatic heterocycles. The van der Waals surface area contributed by atoms with Crippen LogP contribution in [0.3, 0.4) is 0 Å². The number of urea groups is 1. The number of carbonyl (C=O) groups excluding carboxylic acids is 3. The van der Waals surface area contributed by atoms with Crippen molar-refractivity contribution < 1.29 is 28.6 Å². The van der Waals surface area contributed by atoms with Crippen molar-refractivity contribution in [1.29, 1.82) is 0 Å². The SMILES string of the molecule is COC(=O)c1ccc(C(=O)OC)c(NC(=O)NCCCOc2ccccc2)c1. The van der Waals surface area contributed by atoms with E-state index in [0.717, 1.165) is 5.75 Å². The van der Waals surface area contributed by atoms with E-state index in [1.807, 2.05) is 30.3 Å². The summed E-state index contributed by atoms with van der Waals surface area (Å²) in [5.41, 5.74) is 0.465. The molecule has 0 spiro atoms. The molecular formula is C20H22N2O6. The summed E-state index contributed by atoms with van der Waals surface area (Å²) in [6.45, 7) is 0.804. The second kappa shape index (κ2) is 10.6. The molecule has 2 amide bonds. The van der Waals surface area contributed by atoms with Gasteiger partial charge in [-0.05, 0) is 36.8 Å². The maximum atomic E-state index is 12.1. The Morgan fingerprint density at radius 2 is 1.64 bits per heavy atom. The molecule has 8 nitrogen and oxygen atoms in total. The fraction of sp³-hybridized carbons (Fsp3) is 0.250.